The monoisotopic (exact) mass is 561 g/mol. The van der Waals surface area contributed by atoms with Crippen molar-refractivity contribution in [2.75, 3.05) is 25.5 Å². The third kappa shape index (κ3) is 6.00. The first-order valence-corrected chi connectivity index (χ1v) is 14.6. The summed E-state index contributed by atoms with van der Waals surface area (Å²) in [5.41, 5.74) is 10.0. The van der Waals surface area contributed by atoms with Gasteiger partial charge < -0.3 is 21.7 Å². The van der Waals surface area contributed by atoms with Crippen LogP contribution in [0.25, 0.3) is 22.0 Å². The maximum absolute atomic E-state index is 14.2. The highest BCUT2D eigenvalue weighted by Crippen LogP contribution is 2.43. The summed E-state index contributed by atoms with van der Waals surface area (Å²) in [6.45, 7) is 5.87. The minimum Gasteiger partial charge on any atom is -0.382 e. The molecule has 6 rings (SSSR count). The number of hydrogen-bond donors (Lipinski definition) is 4. The fourth-order valence-corrected chi connectivity index (χ4v) is 6.27. The smallest absolute Gasteiger partial charge is 0.250 e. The van der Waals surface area contributed by atoms with E-state index in [1.807, 2.05) is 12.1 Å². The molecule has 1 saturated carbocycles. The van der Waals surface area contributed by atoms with Gasteiger partial charge in [0.25, 0.3) is 5.91 Å². The van der Waals surface area contributed by atoms with Crippen molar-refractivity contribution >= 4 is 34.3 Å². The molecule has 0 spiro atoms. The van der Waals surface area contributed by atoms with Gasteiger partial charge in [-0.15, -0.1) is 0 Å². The Bertz CT molecular complexity index is 1480. The summed E-state index contributed by atoms with van der Waals surface area (Å²) in [6, 6.07) is 10.6. The third-order valence-electron chi connectivity index (χ3n) is 8.49. The second-order valence-corrected chi connectivity index (χ2v) is 12.3. The summed E-state index contributed by atoms with van der Waals surface area (Å²) >= 11 is 0. The maximum Gasteiger partial charge on any atom is 0.250 e. The maximum atomic E-state index is 14.2. The van der Waals surface area contributed by atoms with Gasteiger partial charge in [-0.3, -0.25) is 19.0 Å². The average molecular weight is 562 g/mol. The number of anilines is 1. The fraction of sp³-hybridized carbons (Fsp3) is 0.469. The normalized spacial score (nSPS) is 18.6. The van der Waals surface area contributed by atoms with Gasteiger partial charge >= 0.3 is 0 Å². The quantitative estimate of drug-likeness (QED) is 0.355. The Labute approximate surface area is 240 Å². The highest BCUT2D eigenvalue weighted by atomic mass is 19.1. The topological polar surface area (TPSA) is 118 Å². The number of amides is 2. The molecule has 2 amide bonds. The molecule has 0 atom stereocenters. The van der Waals surface area contributed by atoms with E-state index in [-0.39, 0.29) is 29.0 Å². The third-order valence-corrected chi connectivity index (χ3v) is 8.49. The number of nitrogens with two attached hydrogens (primary N) is 1. The van der Waals surface area contributed by atoms with Crippen LogP contribution in [0.1, 0.15) is 73.2 Å². The molecule has 5 N–H and O–H groups in total. The lowest BCUT2D eigenvalue weighted by molar-refractivity contribution is -0.125. The lowest BCUT2D eigenvalue weighted by atomic mass is 9.80. The summed E-state index contributed by atoms with van der Waals surface area (Å²) in [5.74, 6) is -0.459. The van der Waals surface area contributed by atoms with Gasteiger partial charge in [-0.05, 0) is 60.6 Å². The van der Waals surface area contributed by atoms with Gasteiger partial charge in [0.05, 0.1) is 17.0 Å². The zero-order valence-corrected chi connectivity index (χ0v) is 24.1. The second kappa shape index (κ2) is 11.6. The van der Waals surface area contributed by atoms with Crippen molar-refractivity contribution in [2.45, 2.75) is 64.8 Å². The van der Waals surface area contributed by atoms with E-state index in [0.717, 1.165) is 53.8 Å². The fourth-order valence-electron chi connectivity index (χ4n) is 6.27. The molecular formula is C32H40FN5O3. The standard InChI is InChI=1S/C27H30FN3O2.C5H10N2O/c1-27(2)14-23-25(20-11-9-17(28)13-22(20)31(23)24(32)15-27)16-8-10-19(26(29)33)21(12-16)30-18-6-4-3-5-7-18;1-6-5(8)4-2-7-3-4/h8-13,18,30H,3-7,14-15H2,1-2H3,(H2,29,33);4,7H,2-3H2,1H3,(H,6,8). The van der Waals surface area contributed by atoms with Gasteiger partial charge in [0.15, 0.2) is 0 Å². The first-order chi connectivity index (χ1) is 19.6. The average Bonchev–Trinajstić information content (AvgIpc) is 3.20. The molecule has 3 aliphatic rings. The molecular weight excluding hydrogens is 521 g/mol. The van der Waals surface area contributed by atoms with E-state index in [0.29, 0.717) is 30.0 Å². The minimum atomic E-state index is -0.470. The molecule has 1 aliphatic carbocycles. The van der Waals surface area contributed by atoms with Gasteiger partial charge in [-0.2, -0.15) is 0 Å². The number of nitrogens with one attached hydrogen (secondary N) is 3. The number of halogens is 1. The van der Waals surface area contributed by atoms with E-state index in [2.05, 4.69) is 29.8 Å². The molecule has 2 aromatic carbocycles. The number of fused-ring (bicyclic) bond motifs is 3. The molecule has 8 nitrogen and oxygen atoms in total. The predicted molar refractivity (Wildman–Crippen MR) is 160 cm³/mol. The molecule has 218 valence electrons. The number of carbonyl (C=O) groups excluding carboxylic acids is 3. The van der Waals surface area contributed by atoms with Gasteiger partial charge in [-0.1, -0.05) is 39.2 Å². The molecule has 3 heterocycles. The van der Waals surface area contributed by atoms with E-state index in [9.17, 15) is 18.8 Å². The van der Waals surface area contributed by atoms with E-state index in [1.165, 1.54) is 31.4 Å². The number of benzene rings is 2. The van der Waals surface area contributed by atoms with Crippen LogP contribution in [0.5, 0.6) is 0 Å². The molecule has 41 heavy (non-hydrogen) atoms. The Morgan fingerprint density at radius 1 is 1.05 bits per heavy atom. The van der Waals surface area contributed by atoms with Crippen molar-refractivity contribution in [3.63, 3.8) is 0 Å². The summed E-state index contributed by atoms with van der Waals surface area (Å²) in [6.07, 6.45) is 6.82. The van der Waals surface area contributed by atoms with Gasteiger partial charge in [0, 0.05) is 54.9 Å². The highest BCUT2D eigenvalue weighted by Gasteiger charge is 2.35. The van der Waals surface area contributed by atoms with Crippen molar-refractivity contribution in [1.29, 1.82) is 0 Å². The number of nitrogens with zero attached hydrogens (tertiary/aromatic N) is 1. The van der Waals surface area contributed by atoms with Crippen molar-refractivity contribution in [3.8, 4) is 11.1 Å². The molecule has 1 saturated heterocycles. The van der Waals surface area contributed by atoms with Crippen LogP contribution < -0.4 is 21.7 Å². The SMILES string of the molecule is CC1(C)CC(=O)n2c(c(-c3ccc(C(N)=O)c(NC4CCCCC4)c3)c3ccc(F)cc32)C1.CNC(=O)C1CNC1. The van der Waals surface area contributed by atoms with Crippen molar-refractivity contribution < 1.29 is 18.8 Å². The first kappa shape index (κ1) is 28.8. The second-order valence-electron chi connectivity index (χ2n) is 12.3. The Morgan fingerprint density at radius 3 is 2.39 bits per heavy atom. The molecule has 0 unspecified atom stereocenters. The van der Waals surface area contributed by atoms with Gasteiger partial charge in [0.2, 0.25) is 11.8 Å². The molecule has 2 aliphatic heterocycles. The van der Waals surface area contributed by atoms with Gasteiger partial charge in [0.1, 0.15) is 5.82 Å². The Morgan fingerprint density at radius 2 is 1.78 bits per heavy atom. The zero-order valence-electron chi connectivity index (χ0n) is 24.1. The largest absolute Gasteiger partial charge is 0.382 e. The summed E-state index contributed by atoms with van der Waals surface area (Å²) in [4.78, 5) is 35.9. The van der Waals surface area contributed by atoms with Crippen LogP contribution in [-0.4, -0.2) is 48.5 Å². The first-order valence-electron chi connectivity index (χ1n) is 14.6. The van der Waals surface area contributed by atoms with Crippen LogP contribution in [0.4, 0.5) is 10.1 Å². The minimum absolute atomic E-state index is 0.0163. The summed E-state index contributed by atoms with van der Waals surface area (Å²) in [5, 5.41) is 10.0. The Kier molecular flexibility index (Phi) is 8.18. The number of carbonyl (C=O) groups is 3. The van der Waals surface area contributed by atoms with Crippen LogP contribution in [0, 0.1) is 17.2 Å². The molecule has 2 fully saturated rings. The molecule has 3 aromatic rings. The van der Waals surface area contributed by atoms with Crippen LogP contribution in [0.2, 0.25) is 0 Å². The summed E-state index contributed by atoms with van der Waals surface area (Å²) in [7, 11) is 1.67. The van der Waals surface area contributed by atoms with Crippen molar-refractivity contribution in [2.24, 2.45) is 17.1 Å². The lowest BCUT2D eigenvalue weighted by Gasteiger charge is -2.30. The molecule has 0 radical (unpaired) electrons. The number of hydrogen-bond acceptors (Lipinski definition) is 5. The van der Waals surface area contributed by atoms with E-state index >= 15 is 0 Å². The van der Waals surface area contributed by atoms with E-state index in [1.54, 1.807) is 23.7 Å². The summed E-state index contributed by atoms with van der Waals surface area (Å²) < 4.78 is 15.9. The highest BCUT2D eigenvalue weighted by molar-refractivity contribution is 6.06. The molecule has 9 heteroatoms. The zero-order chi connectivity index (χ0) is 29.3. The van der Waals surface area contributed by atoms with Crippen LogP contribution in [0.3, 0.4) is 0 Å². The number of rotatable bonds is 5. The van der Waals surface area contributed by atoms with Crippen molar-refractivity contribution in [1.82, 2.24) is 15.2 Å². The number of primary amides is 1. The lowest BCUT2D eigenvalue weighted by Crippen LogP contribution is -2.49. The predicted octanol–water partition coefficient (Wildman–Crippen LogP) is 4.86. The molecule has 1 aromatic heterocycles. The van der Waals surface area contributed by atoms with Gasteiger partial charge in [-0.25, -0.2) is 4.39 Å². The Balaban J connectivity index is 0.000000365. The van der Waals surface area contributed by atoms with Crippen LogP contribution in [0.15, 0.2) is 36.4 Å². The van der Waals surface area contributed by atoms with E-state index < -0.39 is 5.91 Å². The Hall–Kier alpha value is -3.72. The number of aromatic nitrogens is 1. The van der Waals surface area contributed by atoms with E-state index in [4.69, 9.17) is 5.73 Å². The van der Waals surface area contributed by atoms with Crippen LogP contribution >= 0.6 is 0 Å². The van der Waals surface area contributed by atoms with Crippen molar-refractivity contribution in [3.05, 3.63) is 53.5 Å². The van der Waals surface area contributed by atoms with Crippen LogP contribution in [-0.2, 0) is 11.2 Å². The molecule has 0 bridgehead atoms.